The van der Waals surface area contributed by atoms with Gasteiger partial charge in [-0.2, -0.15) is 11.8 Å². The zero-order chi connectivity index (χ0) is 13.1. The van der Waals surface area contributed by atoms with Crippen LogP contribution in [0.25, 0.3) is 0 Å². The van der Waals surface area contributed by atoms with Crippen LogP contribution in [0, 0.1) is 6.92 Å². The summed E-state index contributed by atoms with van der Waals surface area (Å²) < 4.78 is 0.216. The van der Waals surface area contributed by atoms with E-state index in [9.17, 15) is 5.11 Å². The van der Waals surface area contributed by atoms with Crippen molar-refractivity contribution in [2.45, 2.75) is 38.5 Å². The number of benzene rings is 1. The molecule has 0 heterocycles. The minimum absolute atomic E-state index is 0.168. The molecule has 0 spiro atoms. The van der Waals surface area contributed by atoms with Gasteiger partial charge in [0.15, 0.2) is 0 Å². The number of rotatable bonds is 5. The average molecular weight is 253 g/mol. The molecule has 3 heteroatoms. The van der Waals surface area contributed by atoms with Crippen molar-refractivity contribution >= 4 is 11.8 Å². The first kappa shape index (κ1) is 14.4. The largest absolute Gasteiger partial charge is 0.508 e. The van der Waals surface area contributed by atoms with Crippen LogP contribution in [0.3, 0.4) is 0 Å². The summed E-state index contributed by atoms with van der Waals surface area (Å²) in [5.74, 6) is 0.373. The van der Waals surface area contributed by atoms with Crippen molar-refractivity contribution in [2.24, 2.45) is 0 Å². The molecule has 2 nitrogen and oxygen atoms in total. The number of phenolic OH excluding ortho intramolecular Hbond substituents is 1. The Hall–Kier alpha value is -0.670. The van der Waals surface area contributed by atoms with Crippen molar-refractivity contribution in [2.75, 3.05) is 12.8 Å². The smallest absolute Gasteiger partial charge is 0.120 e. The van der Waals surface area contributed by atoms with Crippen LogP contribution in [0.15, 0.2) is 18.2 Å². The van der Waals surface area contributed by atoms with Crippen LogP contribution in [-0.2, 0) is 0 Å². The first-order valence-electron chi connectivity index (χ1n) is 5.94. The molecule has 2 N–H and O–H groups in total. The molecular formula is C14H23NOS. The number of thioether (sulfide) groups is 1. The highest BCUT2D eigenvalue weighted by Gasteiger charge is 2.18. The van der Waals surface area contributed by atoms with E-state index in [-0.39, 0.29) is 10.8 Å². The second kappa shape index (κ2) is 5.78. The summed E-state index contributed by atoms with van der Waals surface area (Å²) in [4.78, 5) is 0. The van der Waals surface area contributed by atoms with E-state index in [0.717, 1.165) is 12.1 Å². The molecule has 0 saturated carbocycles. The number of hydrogen-bond donors (Lipinski definition) is 2. The number of aryl methyl sites for hydroxylation is 1. The maximum Gasteiger partial charge on any atom is 0.120 e. The first-order valence-corrected chi connectivity index (χ1v) is 7.16. The van der Waals surface area contributed by atoms with Gasteiger partial charge in [0, 0.05) is 22.9 Å². The molecule has 0 bridgehead atoms. The summed E-state index contributed by atoms with van der Waals surface area (Å²) in [6.45, 7) is 9.48. The van der Waals surface area contributed by atoms with Gasteiger partial charge in [-0.05, 0) is 40.0 Å². The quantitative estimate of drug-likeness (QED) is 0.842. The van der Waals surface area contributed by atoms with Crippen molar-refractivity contribution in [1.82, 2.24) is 5.32 Å². The molecule has 0 aliphatic heterocycles. The normalized spacial score (nSPS) is 13.7. The van der Waals surface area contributed by atoms with Crippen molar-refractivity contribution in [3.05, 3.63) is 29.3 Å². The molecule has 0 aliphatic rings. The van der Waals surface area contributed by atoms with Crippen molar-refractivity contribution in [3.8, 4) is 5.75 Å². The van der Waals surface area contributed by atoms with Gasteiger partial charge in [-0.1, -0.05) is 17.7 Å². The third-order valence-electron chi connectivity index (χ3n) is 3.04. The summed E-state index contributed by atoms with van der Waals surface area (Å²) in [5, 5.41) is 13.3. The lowest BCUT2D eigenvalue weighted by molar-refractivity contribution is 0.447. The van der Waals surface area contributed by atoms with Gasteiger partial charge in [0.05, 0.1) is 0 Å². The van der Waals surface area contributed by atoms with Gasteiger partial charge in [0.2, 0.25) is 0 Å². The number of hydrogen-bond acceptors (Lipinski definition) is 3. The van der Waals surface area contributed by atoms with E-state index >= 15 is 0 Å². The van der Waals surface area contributed by atoms with Crippen LogP contribution in [-0.4, -0.2) is 22.7 Å². The highest BCUT2D eigenvalue weighted by Crippen LogP contribution is 2.26. The third kappa shape index (κ3) is 4.25. The number of phenols is 1. The fraction of sp³-hybridized carbons (Fsp3) is 0.571. The van der Waals surface area contributed by atoms with Crippen molar-refractivity contribution < 1.29 is 5.11 Å². The molecule has 1 atom stereocenters. The molecule has 0 aromatic heterocycles. The average Bonchev–Trinajstić information content (AvgIpc) is 2.29. The maximum absolute atomic E-state index is 9.85. The molecule has 1 aromatic rings. The molecule has 1 aromatic carbocycles. The van der Waals surface area contributed by atoms with Crippen molar-refractivity contribution in [3.63, 3.8) is 0 Å². The van der Waals surface area contributed by atoms with E-state index in [1.54, 1.807) is 6.07 Å². The predicted octanol–water partition coefficient (Wildman–Crippen LogP) is 3.49. The molecule has 17 heavy (non-hydrogen) atoms. The van der Waals surface area contributed by atoms with E-state index in [0.29, 0.717) is 5.75 Å². The molecular weight excluding hydrogens is 230 g/mol. The van der Waals surface area contributed by atoms with E-state index < -0.39 is 0 Å². The maximum atomic E-state index is 9.85. The van der Waals surface area contributed by atoms with Crippen LogP contribution in [0.5, 0.6) is 5.75 Å². The SMILES string of the molecule is CSC(C)(C)CNC(C)c1cc(C)ccc1O. The van der Waals surface area contributed by atoms with E-state index in [2.05, 4.69) is 32.3 Å². The van der Waals surface area contributed by atoms with E-state index in [1.165, 1.54) is 5.56 Å². The Morgan fingerprint density at radius 3 is 2.65 bits per heavy atom. The monoisotopic (exact) mass is 253 g/mol. The van der Waals surface area contributed by atoms with Crippen LogP contribution >= 0.6 is 11.8 Å². The Balaban J connectivity index is 2.70. The summed E-state index contributed by atoms with van der Waals surface area (Å²) in [5.41, 5.74) is 2.15. The van der Waals surface area contributed by atoms with Crippen molar-refractivity contribution in [1.29, 1.82) is 0 Å². The molecule has 96 valence electrons. The van der Waals surface area contributed by atoms with Crippen LogP contribution in [0.2, 0.25) is 0 Å². The molecule has 0 saturated heterocycles. The second-order valence-corrected chi connectivity index (χ2v) is 6.64. The Morgan fingerprint density at radius 2 is 2.06 bits per heavy atom. The van der Waals surface area contributed by atoms with Crippen LogP contribution in [0.4, 0.5) is 0 Å². The molecule has 1 unspecified atom stereocenters. The summed E-state index contributed by atoms with van der Waals surface area (Å²) in [6, 6.07) is 5.90. The van der Waals surface area contributed by atoms with Crippen LogP contribution in [0.1, 0.15) is 37.9 Å². The molecule has 0 fully saturated rings. The second-order valence-electron chi connectivity index (χ2n) is 5.13. The molecule has 0 aliphatic carbocycles. The lowest BCUT2D eigenvalue weighted by Crippen LogP contribution is -2.33. The Bertz CT molecular complexity index is 376. The summed E-state index contributed by atoms with van der Waals surface area (Å²) in [6.07, 6.45) is 2.12. The summed E-state index contributed by atoms with van der Waals surface area (Å²) >= 11 is 1.85. The minimum Gasteiger partial charge on any atom is -0.508 e. The topological polar surface area (TPSA) is 32.3 Å². The van der Waals surface area contributed by atoms with Gasteiger partial charge in [-0.25, -0.2) is 0 Å². The Labute approximate surface area is 109 Å². The first-order chi connectivity index (χ1) is 7.85. The van der Waals surface area contributed by atoms with Gasteiger partial charge >= 0.3 is 0 Å². The molecule has 0 radical (unpaired) electrons. The number of aromatic hydroxyl groups is 1. The zero-order valence-corrected chi connectivity index (χ0v) is 12.2. The fourth-order valence-electron chi connectivity index (χ4n) is 1.60. The lowest BCUT2D eigenvalue weighted by atomic mass is 10.0. The Kier molecular flexibility index (Phi) is 4.90. The van der Waals surface area contributed by atoms with Gasteiger partial charge in [0.25, 0.3) is 0 Å². The highest BCUT2D eigenvalue weighted by atomic mass is 32.2. The molecule has 1 rings (SSSR count). The van der Waals surface area contributed by atoms with E-state index in [4.69, 9.17) is 0 Å². The predicted molar refractivity (Wildman–Crippen MR) is 76.9 cm³/mol. The minimum atomic E-state index is 0.168. The van der Waals surface area contributed by atoms with E-state index in [1.807, 2.05) is 30.8 Å². The standard InChI is InChI=1S/C14H23NOS/c1-10-6-7-13(16)12(8-10)11(2)15-9-14(3,4)17-5/h6-8,11,15-16H,9H2,1-5H3. The van der Waals surface area contributed by atoms with Gasteiger partial charge in [0.1, 0.15) is 5.75 Å². The summed E-state index contributed by atoms with van der Waals surface area (Å²) in [7, 11) is 0. The zero-order valence-electron chi connectivity index (χ0n) is 11.4. The third-order valence-corrected chi connectivity index (χ3v) is 4.29. The van der Waals surface area contributed by atoms with Gasteiger partial charge < -0.3 is 10.4 Å². The fourth-order valence-corrected chi connectivity index (χ4v) is 1.83. The number of nitrogens with one attached hydrogen (secondary N) is 1. The highest BCUT2D eigenvalue weighted by molar-refractivity contribution is 7.99. The van der Waals surface area contributed by atoms with Gasteiger partial charge in [-0.15, -0.1) is 0 Å². The van der Waals surface area contributed by atoms with Gasteiger partial charge in [-0.3, -0.25) is 0 Å². The lowest BCUT2D eigenvalue weighted by Gasteiger charge is -2.25. The Morgan fingerprint density at radius 1 is 1.41 bits per heavy atom. The molecule has 0 amide bonds. The van der Waals surface area contributed by atoms with Crippen LogP contribution < -0.4 is 5.32 Å².